The highest BCUT2D eigenvalue weighted by Gasteiger charge is 2.47. The van der Waals surface area contributed by atoms with Crippen molar-refractivity contribution in [3.63, 3.8) is 0 Å². The Kier molecular flexibility index (Phi) is 5.26. The number of hydrogen-bond donors (Lipinski definition) is 0. The van der Waals surface area contributed by atoms with E-state index in [0.29, 0.717) is 16.6 Å². The topological polar surface area (TPSA) is 9.23 Å². The first-order valence-electron chi connectivity index (χ1n) is 8.01. The van der Waals surface area contributed by atoms with Crippen molar-refractivity contribution in [1.29, 1.82) is 0 Å². The van der Waals surface area contributed by atoms with Crippen LogP contribution in [-0.2, 0) is 4.43 Å². The van der Waals surface area contributed by atoms with Gasteiger partial charge in [0, 0.05) is 16.2 Å². The molecule has 1 aromatic rings. The molecule has 1 aliphatic rings. The van der Waals surface area contributed by atoms with Crippen LogP contribution < -0.4 is 0 Å². The first kappa shape index (κ1) is 16.7. The van der Waals surface area contributed by atoms with Crippen LogP contribution in [0.3, 0.4) is 0 Å². The van der Waals surface area contributed by atoms with E-state index in [1.165, 1.54) is 10.5 Å². The molecule has 2 rings (SSSR count). The largest absolute Gasteiger partial charge is 0.542 e. The molecule has 3 heteroatoms. The molecule has 21 heavy (non-hydrogen) atoms. The highest BCUT2D eigenvalue weighted by atomic mass is 32.2. The summed E-state index contributed by atoms with van der Waals surface area (Å²) in [6.45, 7) is 14.1. The van der Waals surface area contributed by atoms with Crippen LogP contribution in [0.2, 0.25) is 16.6 Å². The van der Waals surface area contributed by atoms with Crippen molar-refractivity contribution < 1.29 is 4.43 Å². The monoisotopic (exact) mass is 320 g/mol. The molecule has 0 bridgehead atoms. The van der Waals surface area contributed by atoms with E-state index < -0.39 is 8.32 Å². The number of thioether (sulfide) groups is 1. The van der Waals surface area contributed by atoms with Crippen LogP contribution in [0.15, 0.2) is 35.2 Å². The number of hydrogen-bond acceptors (Lipinski definition) is 2. The van der Waals surface area contributed by atoms with E-state index >= 15 is 0 Å². The first-order chi connectivity index (χ1) is 9.89. The summed E-state index contributed by atoms with van der Waals surface area (Å²) < 4.78 is 6.88. The minimum atomic E-state index is -1.86. The Balaban J connectivity index is 2.40. The molecule has 1 aliphatic heterocycles. The average molecular weight is 321 g/mol. The van der Waals surface area contributed by atoms with Gasteiger partial charge in [0.2, 0.25) is 0 Å². The van der Waals surface area contributed by atoms with Gasteiger partial charge in [0.1, 0.15) is 5.76 Å². The van der Waals surface area contributed by atoms with Crippen LogP contribution in [0.25, 0.3) is 5.76 Å². The van der Waals surface area contributed by atoms with Gasteiger partial charge in [0.15, 0.2) is 0 Å². The summed E-state index contributed by atoms with van der Waals surface area (Å²) in [6.07, 6.45) is 2.28. The van der Waals surface area contributed by atoms with E-state index in [1.54, 1.807) is 0 Å². The summed E-state index contributed by atoms with van der Waals surface area (Å²) in [7, 11) is -1.86. The van der Waals surface area contributed by atoms with E-state index in [2.05, 4.69) is 71.9 Å². The predicted octanol–water partition coefficient (Wildman–Crippen LogP) is 6.33. The normalized spacial score (nSPS) is 15.4. The van der Waals surface area contributed by atoms with Crippen LogP contribution in [0, 0.1) is 0 Å². The molecule has 1 nitrogen and oxygen atoms in total. The molecule has 0 aliphatic carbocycles. The molecule has 0 saturated carbocycles. The van der Waals surface area contributed by atoms with E-state index in [-0.39, 0.29) is 0 Å². The molecule has 116 valence electrons. The Morgan fingerprint density at radius 2 is 1.52 bits per heavy atom. The van der Waals surface area contributed by atoms with Gasteiger partial charge < -0.3 is 4.43 Å². The number of benzene rings is 1. The second kappa shape index (κ2) is 6.61. The van der Waals surface area contributed by atoms with Crippen LogP contribution in [0.4, 0.5) is 0 Å². The van der Waals surface area contributed by atoms with Crippen molar-refractivity contribution in [2.45, 2.75) is 63.1 Å². The molecule has 0 unspecified atom stereocenters. The summed E-state index contributed by atoms with van der Waals surface area (Å²) in [4.78, 5) is 1.36. The lowest BCUT2D eigenvalue weighted by Crippen LogP contribution is -2.47. The van der Waals surface area contributed by atoms with Crippen molar-refractivity contribution in [2.75, 3.05) is 5.75 Å². The Hall–Kier alpha value is -0.673. The zero-order valence-corrected chi connectivity index (χ0v) is 16.0. The maximum absolute atomic E-state index is 6.88. The van der Waals surface area contributed by atoms with Gasteiger partial charge in [-0.1, -0.05) is 59.7 Å². The minimum Gasteiger partial charge on any atom is -0.542 e. The van der Waals surface area contributed by atoms with Crippen LogP contribution >= 0.6 is 11.8 Å². The second-order valence-electron chi connectivity index (χ2n) is 6.80. The predicted molar refractivity (Wildman–Crippen MR) is 97.3 cm³/mol. The summed E-state index contributed by atoms with van der Waals surface area (Å²) in [5, 5.41) is 0. The summed E-state index contributed by atoms with van der Waals surface area (Å²) in [6, 6.07) is 8.64. The zero-order chi connectivity index (χ0) is 15.6. The highest BCUT2D eigenvalue weighted by molar-refractivity contribution is 7.99. The van der Waals surface area contributed by atoms with Gasteiger partial charge in [-0.25, -0.2) is 0 Å². The van der Waals surface area contributed by atoms with Gasteiger partial charge in [-0.05, 0) is 28.8 Å². The quantitative estimate of drug-likeness (QED) is 0.587. The van der Waals surface area contributed by atoms with E-state index in [9.17, 15) is 0 Å². The van der Waals surface area contributed by atoms with Crippen molar-refractivity contribution in [1.82, 2.24) is 0 Å². The zero-order valence-electron chi connectivity index (χ0n) is 14.1. The minimum absolute atomic E-state index is 0.611. The maximum Gasteiger partial charge on any atom is 0.258 e. The first-order valence-corrected chi connectivity index (χ1v) is 11.1. The summed E-state index contributed by atoms with van der Waals surface area (Å²) in [5.74, 6) is 2.15. The van der Waals surface area contributed by atoms with Gasteiger partial charge in [-0.3, -0.25) is 0 Å². The molecule has 1 heterocycles. The Bertz CT molecular complexity index is 498. The molecular weight excluding hydrogens is 292 g/mol. The third-order valence-electron chi connectivity index (χ3n) is 4.65. The fraction of sp³-hybridized carbons (Fsp3) is 0.556. The van der Waals surface area contributed by atoms with Gasteiger partial charge >= 0.3 is 0 Å². The van der Waals surface area contributed by atoms with Gasteiger partial charge in [-0.15, -0.1) is 11.8 Å². The molecule has 0 amide bonds. The SMILES string of the molecule is CC(C)[Si](OC1=CCSc2ccccc21)(C(C)C)C(C)C. The lowest BCUT2D eigenvalue weighted by atomic mass is 10.2. The van der Waals surface area contributed by atoms with Crippen LogP contribution in [-0.4, -0.2) is 14.1 Å². The third kappa shape index (κ3) is 3.09. The van der Waals surface area contributed by atoms with E-state index in [4.69, 9.17) is 4.43 Å². The molecule has 0 saturated heterocycles. The van der Waals surface area contributed by atoms with Crippen molar-refractivity contribution >= 4 is 25.8 Å². The number of rotatable bonds is 5. The molecule has 0 fully saturated rings. The van der Waals surface area contributed by atoms with Gasteiger partial charge in [-0.2, -0.15) is 0 Å². The standard InChI is InChI=1S/C18H28OSSi/c1-13(2)21(14(3)4,15(5)6)19-17-11-12-20-18-10-8-7-9-16(17)18/h7-11,13-15H,12H2,1-6H3. The third-order valence-corrected chi connectivity index (χ3v) is 11.6. The van der Waals surface area contributed by atoms with Crippen LogP contribution in [0.1, 0.15) is 47.1 Å². The van der Waals surface area contributed by atoms with E-state index in [0.717, 1.165) is 11.5 Å². The average Bonchev–Trinajstić information content (AvgIpc) is 2.43. The van der Waals surface area contributed by atoms with E-state index in [1.807, 2.05) is 11.8 Å². The molecule has 0 atom stereocenters. The lowest BCUT2D eigenvalue weighted by Gasteiger charge is -2.43. The highest BCUT2D eigenvalue weighted by Crippen LogP contribution is 2.46. The fourth-order valence-electron chi connectivity index (χ4n) is 3.75. The Morgan fingerprint density at radius 1 is 0.952 bits per heavy atom. The van der Waals surface area contributed by atoms with Crippen LogP contribution in [0.5, 0.6) is 0 Å². The van der Waals surface area contributed by atoms with Crippen molar-refractivity contribution in [3.05, 3.63) is 35.9 Å². The van der Waals surface area contributed by atoms with Crippen molar-refractivity contribution in [3.8, 4) is 0 Å². The second-order valence-corrected chi connectivity index (χ2v) is 13.2. The smallest absolute Gasteiger partial charge is 0.258 e. The molecule has 0 aromatic heterocycles. The maximum atomic E-state index is 6.88. The lowest BCUT2D eigenvalue weighted by molar-refractivity contribution is 0.442. The molecule has 0 N–H and O–H groups in total. The summed E-state index contributed by atoms with van der Waals surface area (Å²) >= 11 is 1.90. The molecule has 0 spiro atoms. The van der Waals surface area contributed by atoms with Crippen molar-refractivity contribution in [2.24, 2.45) is 0 Å². The summed E-state index contributed by atoms with van der Waals surface area (Å²) in [5.41, 5.74) is 3.12. The fourth-order valence-corrected chi connectivity index (χ4v) is 9.95. The molecule has 0 radical (unpaired) electrons. The molecular formula is C18H28OSSi. The molecule has 1 aromatic carbocycles. The van der Waals surface area contributed by atoms with Gasteiger partial charge in [0.05, 0.1) is 0 Å². The number of fused-ring (bicyclic) bond motifs is 1. The van der Waals surface area contributed by atoms with Gasteiger partial charge in [0.25, 0.3) is 8.32 Å². The Morgan fingerprint density at radius 3 is 2.10 bits per heavy atom. The Labute approximate surface area is 135 Å².